The zero-order valence-corrected chi connectivity index (χ0v) is 9.62. The van der Waals surface area contributed by atoms with Crippen LogP contribution in [0.4, 0.5) is 5.69 Å². The molecule has 2 rings (SSSR count). The van der Waals surface area contributed by atoms with Gasteiger partial charge in [0.15, 0.2) is 0 Å². The van der Waals surface area contributed by atoms with Crippen LogP contribution in [0.1, 0.15) is 5.56 Å². The van der Waals surface area contributed by atoms with E-state index < -0.39 is 0 Å². The Hall–Kier alpha value is -0.580. The molecule has 1 aromatic rings. The normalized spacial score (nSPS) is 19.9. The average molecular weight is 257 g/mol. The summed E-state index contributed by atoms with van der Waals surface area (Å²) < 4.78 is 1.17. The number of hydrogen-bond donors (Lipinski definition) is 1. The van der Waals surface area contributed by atoms with Crippen molar-refractivity contribution in [1.29, 1.82) is 0 Å². The minimum absolute atomic E-state index is 0.355. The highest BCUT2D eigenvalue weighted by Gasteiger charge is 2.27. The van der Waals surface area contributed by atoms with Crippen LogP contribution in [0.3, 0.4) is 0 Å². The predicted molar refractivity (Wildman–Crippen MR) is 60.2 cm³/mol. The predicted octanol–water partition coefficient (Wildman–Crippen LogP) is 1.70. The molecule has 4 heteroatoms. The maximum Gasteiger partial charge on any atom is 0.0885 e. The molecule has 0 amide bonds. The molecule has 0 aliphatic carbocycles. The SMILES string of the molecule is CN1c2cccc(Br)c2CC1CON. The highest BCUT2D eigenvalue weighted by molar-refractivity contribution is 9.10. The molecule has 0 spiro atoms. The molecule has 1 aromatic carbocycles. The van der Waals surface area contributed by atoms with Gasteiger partial charge in [0, 0.05) is 17.2 Å². The molecule has 14 heavy (non-hydrogen) atoms. The third-order valence-corrected chi connectivity index (χ3v) is 3.49. The van der Waals surface area contributed by atoms with Gasteiger partial charge in [0.05, 0.1) is 12.6 Å². The summed E-state index contributed by atoms with van der Waals surface area (Å²) in [5.74, 6) is 5.11. The zero-order chi connectivity index (χ0) is 10.1. The van der Waals surface area contributed by atoms with Crippen molar-refractivity contribution in [2.45, 2.75) is 12.5 Å². The fraction of sp³-hybridized carbons (Fsp3) is 0.400. The van der Waals surface area contributed by atoms with Crippen molar-refractivity contribution in [3.63, 3.8) is 0 Å². The van der Waals surface area contributed by atoms with Gasteiger partial charge in [-0.05, 0) is 24.1 Å². The van der Waals surface area contributed by atoms with Crippen molar-refractivity contribution in [3.8, 4) is 0 Å². The molecular weight excluding hydrogens is 244 g/mol. The summed E-state index contributed by atoms with van der Waals surface area (Å²) in [7, 11) is 2.07. The Kier molecular flexibility index (Phi) is 2.76. The summed E-state index contributed by atoms with van der Waals surface area (Å²) in [6.07, 6.45) is 0.991. The van der Waals surface area contributed by atoms with Gasteiger partial charge in [-0.2, -0.15) is 0 Å². The molecule has 76 valence electrons. The van der Waals surface area contributed by atoms with Crippen LogP contribution in [-0.2, 0) is 11.3 Å². The van der Waals surface area contributed by atoms with E-state index in [0.717, 1.165) is 6.42 Å². The topological polar surface area (TPSA) is 38.5 Å². The molecular formula is C10H13BrN2O. The van der Waals surface area contributed by atoms with Gasteiger partial charge in [0.1, 0.15) is 0 Å². The number of benzene rings is 1. The molecule has 0 bridgehead atoms. The molecule has 1 aliphatic heterocycles. The van der Waals surface area contributed by atoms with Gasteiger partial charge >= 0.3 is 0 Å². The number of fused-ring (bicyclic) bond motifs is 1. The number of likely N-dealkylation sites (N-methyl/N-ethyl adjacent to an activating group) is 1. The van der Waals surface area contributed by atoms with Crippen molar-refractivity contribution < 1.29 is 4.84 Å². The van der Waals surface area contributed by atoms with Crippen LogP contribution < -0.4 is 10.8 Å². The molecule has 0 aromatic heterocycles. The zero-order valence-electron chi connectivity index (χ0n) is 8.03. The second kappa shape index (κ2) is 3.88. The van der Waals surface area contributed by atoms with Crippen LogP contribution in [0.15, 0.2) is 22.7 Å². The summed E-state index contributed by atoms with van der Waals surface area (Å²) in [5, 5.41) is 0. The van der Waals surface area contributed by atoms with Gasteiger partial charge in [0.2, 0.25) is 0 Å². The molecule has 3 nitrogen and oxygen atoms in total. The highest BCUT2D eigenvalue weighted by atomic mass is 79.9. The Balaban J connectivity index is 2.30. The van der Waals surface area contributed by atoms with E-state index in [1.54, 1.807) is 0 Å². The molecule has 0 radical (unpaired) electrons. The van der Waals surface area contributed by atoms with Crippen molar-refractivity contribution >= 4 is 21.6 Å². The van der Waals surface area contributed by atoms with Crippen LogP contribution >= 0.6 is 15.9 Å². The van der Waals surface area contributed by atoms with Crippen molar-refractivity contribution in [2.24, 2.45) is 5.90 Å². The third-order valence-electron chi connectivity index (χ3n) is 2.75. The van der Waals surface area contributed by atoms with Crippen molar-refractivity contribution in [3.05, 3.63) is 28.2 Å². The molecule has 1 unspecified atom stereocenters. The lowest BCUT2D eigenvalue weighted by atomic mass is 10.1. The molecule has 0 fully saturated rings. The van der Waals surface area contributed by atoms with Gasteiger partial charge in [-0.15, -0.1) is 0 Å². The molecule has 0 saturated carbocycles. The second-order valence-electron chi connectivity index (χ2n) is 3.54. The van der Waals surface area contributed by atoms with Gasteiger partial charge in [-0.3, -0.25) is 0 Å². The smallest absolute Gasteiger partial charge is 0.0885 e. The van der Waals surface area contributed by atoms with Gasteiger partial charge in [-0.25, -0.2) is 5.90 Å². The fourth-order valence-electron chi connectivity index (χ4n) is 1.93. The Morgan fingerprint density at radius 2 is 2.43 bits per heavy atom. The van der Waals surface area contributed by atoms with Gasteiger partial charge < -0.3 is 9.74 Å². The van der Waals surface area contributed by atoms with Crippen LogP contribution in [0, 0.1) is 0 Å². The van der Waals surface area contributed by atoms with Gasteiger partial charge in [0.25, 0.3) is 0 Å². The lowest BCUT2D eigenvalue weighted by molar-refractivity contribution is 0.124. The molecule has 0 saturated heterocycles. The number of anilines is 1. The first-order valence-electron chi connectivity index (χ1n) is 4.56. The monoisotopic (exact) mass is 256 g/mol. The second-order valence-corrected chi connectivity index (χ2v) is 4.39. The Bertz CT molecular complexity index is 343. The highest BCUT2D eigenvalue weighted by Crippen LogP contribution is 2.35. The van der Waals surface area contributed by atoms with E-state index in [1.807, 2.05) is 6.07 Å². The third kappa shape index (κ3) is 1.54. The summed E-state index contributed by atoms with van der Waals surface area (Å²) in [4.78, 5) is 6.93. The molecule has 2 N–H and O–H groups in total. The number of hydrogen-bond acceptors (Lipinski definition) is 3. The Labute approximate surface area is 91.9 Å². The Morgan fingerprint density at radius 3 is 3.07 bits per heavy atom. The van der Waals surface area contributed by atoms with Crippen LogP contribution in [-0.4, -0.2) is 19.7 Å². The summed E-state index contributed by atoms with van der Waals surface area (Å²) >= 11 is 3.55. The van der Waals surface area contributed by atoms with E-state index in [-0.39, 0.29) is 0 Å². The van der Waals surface area contributed by atoms with E-state index in [2.05, 4.69) is 40.0 Å². The van der Waals surface area contributed by atoms with E-state index in [4.69, 9.17) is 10.7 Å². The first kappa shape index (κ1) is 9.96. The standard InChI is InChI=1S/C10H13BrN2O/c1-13-7(6-14-12)5-8-9(11)3-2-4-10(8)13/h2-4,7H,5-6,12H2,1H3. The van der Waals surface area contributed by atoms with E-state index in [1.165, 1.54) is 15.7 Å². The molecule has 1 aliphatic rings. The fourth-order valence-corrected chi connectivity index (χ4v) is 2.45. The molecule has 1 atom stereocenters. The average Bonchev–Trinajstić information content (AvgIpc) is 2.48. The Morgan fingerprint density at radius 1 is 1.64 bits per heavy atom. The number of halogens is 1. The van der Waals surface area contributed by atoms with Crippen molar-refractivity contribution in [2.75, 3.05) is 18.6 Å². The van der Waals surface area contributed by atoms with E-state index in [0.29, 0.717) is 12.6 Å². The summed E-state index contributed by atoms with van der Waals surface area (Å²) in [6, 6.07) is 6.59. The number of nitrogens with two attached hydrogens (primary N) is 1. The maximum atomic E-state index is 5.11. The lowest BCUT2D eigenvalue weighted by Gasteiger charge is -2.21. The minimum Gasteiger partial charge on any atom is -0.369 e. The largest absolute Gasteiger partial charge is 0.369 e. The maximum absolute atomic E-state index is 5.11. The minimum atomic E-state index is 0.355. The lowest BCUT2D eigenvalue weighted by Crippen LogP contribution is -2.33. The van der Waals surface area contributed by atoms with Crippen LogP contribution in [0.5, 0.6) is 0 Å². The first-order chi connectivity index (χ1) is 6.74. The molecule has 1 heterocycles. The number of nitrogens with zero attached hydrogens (tertiary/aromatic N) is 1. The van der Waals surface area contributed by atoms with Crippen LogP contribution in [0.25, 0.3) is 0 Å². The first-order valence-corrected chi connectivity index (χ1v) is 5.35. The van der Waals surface area contributed by atoms with Gasteiger partial charge in [-0.1, -0.05) is 22.0 Å². The van der Waals surface area contributed by atoms with E-state index >= 15 is 0 Å². The summed E-state index contributed by atoms with van der Waals surface area (Å²) in [6.45, 7) is 0.567. The quantitative estimate of drug-likeness (QED) is 0.819. The van der Waals surface area contributed by atoms with Crippen molar-refractivity contribution in [1.82, 2.24) is 0 Å². The van der Waals surface area contributed by atoms with E-state index in [9.17, 15) is 0 Å². The van der Waals surface area contributed by atoms with Crippen LogP contribution in [0.2, 0.25) is 0 Å². The number of rotatable bonds is 2. The summed E-state index contributed by atoms with van der Waals surface area (Å²) in [5.41, 5.74) is 2.61.